The average Bonchev–Trinajstić information content (AvgIpc) is 2.26. The lowest BCUT2D eigenvalue weighted by Gasteiger charge is -2.13. The van der Waals surface area contributed by atoms with Crippen LogP contribution in [0.4, 0.5) is 0 Å². The van der Waals surface area contributed by atoms with E-state index in [2.05, 4.69) is 15.9 Å². The van der Waals surface area contributed by atoms with Crippen molar-refractivity contribution in [3.8, 4) is 5.75 Å². The first-order chi connectivity index (χ1) is 7.84. The number of halogens is 1. The van der Waals surface area contributed by atoms with E-state index >= 15 is 0 Å². The van der Waals surface area contributed by atoms with Gasteiger partial charge in [-0.1, -0.05) is 22.0 Å². The number of carbonyl (C=O) groups is 2. The molecule has 0 saturated carbocycles. The number of carboxylic acid groups (broad SMARTS) is 1. The smallest absolute Gasteiger partial charge is 0.337 e. The second-order valence-electron chi connectivity index (χ2n) is 3.49. The van der Waals surface area contributed by atoms with E-state index in [0.29, 0.717) is 0 Å². The number of phenolic OH excluding ortho intramolecular Hbond substituents is 1. The first kappa shape index (κ1) is 13.7. The first-order valence-corrected chi connectivity index (χ1v) is 5.68. The van der Waals surface area contributed by atoms with Gasteiger partial charge in [0.25, 0.3) is 0 Å². The summed E-state index contributed by atoms with van der Waals surface area (Å²) in [6.45, 7) is 1.57. The Morgan fingerprint density at radius 1 is 1.35 bits per heavy atom. The Hall–Kier alpha value is -1.40. The third-order valence-corrected chi connectivity index (χ3v) is 2.61. The zero-order valence-electron chi connectivity index (χ0n) is 8.92. The Bertz CT molecular complexity index is 455. The summed E-state index contributed by atoms with van der Waals surface area (Å²) in [6.07, 6.45) is -1.79. The number of aliphatic carboxylic acids is 1. The lowest BCUT2D eigenvalue weighted by Crippen LogP contribution is -2.18. The van der Waals surface area contributed by atoms with Gasteiger partial charge < -0.3 is 15.3 Å². The highest BCUT2D eigenvalue weighted by atomic mass is 79.9. The van der Waals surface area contributed by atoms with Gasteiger partial charge in [0.2, 0.25) is 0 Å². The lowest BCUT2D eigenvalue weighted by atomic mass is 9.97. The number of phenols is 1. The minimum atomic E-state index is -1.79. The van der Waals surface area contributed by atoms with E-state index in [1.54, 1.807) is 6.92 Å². The maximum Gasteiger partial charge on any atom is 0.337 e. The number of hydrogen-bond donors (Lipinski definition) is 3. The molecule has 5 nitrogen and oxygen atoms in total. The van der Waals surface area contributed by atoms with Crippen LogP contribution in [0.1, 0.15) is 28.9 Å². The van der Waals surface area contributed by atoms with E-state index in [1.807, 2.05) is 0 Å². The average molecular weight is 303 g/mol. The van der Waals surface area contributed by atoms with Crippen LogP contribution in [-0.2, 0) is 4.79 Å². The van der Waals surface area contributed by atoms with Gasteiger partial charge in [-0.25, -0.2) is 4.79 Å². The molecule has 1 rings (SSSR count). The predicted octanol–water partition coefficient (Wildman–Crippen LogP) is 1.48. The molecule has 0 fully saturated rings. The molecule has 0 saturated heterocycles. The summed E-state index contributed by atoms with van der Waals surface area (Å²) in [7, 11) is 0. The normalized spacial score (nSPS) is 14.1. The van der Waals surface area contributed by atoms with Crippen LogP contribution in [0, 0.1) is 0 Å². The third-order valence-electron chi connectivity index (χ3n) is 2.19. The second kappa shape index (κ2) is 5.29. The van der Waals surface area contributed by atoms with Crippen LogP contribution < -0.4 is 0 Å². The fourth-order valence-electron chi connectivity index (χ4n) is 1.34. The summed E-state index contributed by atoms with van der Waals surface area (Å²) in [6, 6.07) is 3.58. The zero-order chi connectivity index (χ0) is 13.2. The predicted molar refractivity (Wildman–Crippen MR) is 63.4 cm³/mol. The molecule has 6 heteroatoms. The Labute approximate surface area is 106 Å². The minimum Gasteiger partial charge on any atom is -0.508 e. The quantitative estimate of drug-likeness (QED) is 0.578. The molecule has 0 bridgehead atoms. The molecule has 0 spiro atoms. The number of carboxylic acids is 1. The number of aromatic hydroxyl groups is 1. The number of ketones is 1. The molecular weight excluding hydrogens is 292 g/mol. The molecule has 1 aromatic carbocycles. The topological polar surface area (TPSA) is 94.8 Å². The largest absolute Gasteiger partial charge is 0.508 e. The molecule has 3 N–H and O–H groups in total. The Balaban J connectivity index is 3.31. The van der Waals surface area contributed by atoms with E-state index in [1.165, 1.54) is 12.1 Å². The summed E-state index contributed by atoms with van der Waals surface area (Å²) in [5, 5.41) is 27.5. The molecule has 92 valence electrons. The standard InChI is InChI=1S/C11H11BrO5/c1-5(12)9(14)8-4-6(13)2-3-7(8)10(15)11(16)17/h2-5,10,13,15H,1H3,(H,16,17). The minimum absolute atomic E-state index is 0.00993. The van der Waals surface area contributed by atoms with Crippen LogP contribution in [0.3, 0.4) is 0 Å². The van der Waals surface area contributed by atoms with Crippen molar-refractivity contribution in [2.45, 2.75) is 17.9 Å². The monoisotopic (exact) mass is 302 g/mol. The van der Waals surface area contributed by atoms with Gasteiger partial charge in [-0.2, -0.15) is 0 Å². The number of carbonyl (C=O) groups excluding carboxylic acids is 1. The zero-order valence-corrected chi connectivity index (χ0v) is 10.5. The number of aliphatic hydroxyl groups excluding tert-OH is 1. The van der Waals surface area contributed by atoms with E-state index in [0.717, 1.165) is 6.07 Å². The lowest BCUT2D eigenvalue weighted by molar-refractivity contribution is -0.146. The molecule has 0 radical (unpaired) electrons. The fourth-order valence-corrected chi connectivity index (χ4v) is 1.59. The first-order valence-electron chi connectivity index (χ1n) is 4.76. The summed E-state index contributed by atoms with van der Waals surface area (Å²) in [4.78, 5) is 21.9. The summed E-state index contributed by atoms with van der Waals surface area (Å²) >= 11 is 3.06. The number of rotatable bonds is 4. The van der Waals surface area contributed by atoms with Crippen LogP contribution >= 0.6 is 15.9 Å². The highest BCUT2D eigenvalue weighted by Gasteiger charge is 2.24. The molecule has 0 aliphatic carbocycles. The van der Waals surface area contributed by atoms with Gasteiger partial charge in [-0.15, -0.1) is 0 Å². The highest BCUT2D eigenvalue weighted by molar-refractivity contribution is 9.10. The molecule has 0 heterocycles. The van der Waals surface area contributed by atoms with Gasteiger partial charge in [-0.05, 0) is 19.1 Å². The van der Waals surface area contributed by atoms with Gasteiger partial charge in [0.1, 0.15) is 5.75 Å². The second-order valence-corrected chi connectivity index (χ2v) is 4.87. The van der Waals surface area contributed by atoms with Crippen molar-refractivity contribution < 1.29 is 24.9 Å². The van der Waals surface area contributed by atoms with E-state index in [9.17, 15) is 19.8 Å². The van der Waals surface area contributed by atoms with Crippen molar-refractivity contribution in [2.24, 2.45) is 0 Å². The van der Waals surface area contributed by atoms with Crippen molar-refractivity contribution >= 4 is 27.7 Å². The Morgan fingerprint density at radius 2 is 1.94 bits per heavy atom. The molecule has 0 aliphatic heterocycles. The summed E-state index contributed by atoms with van der Waals surface area (Å²) in [5.41, 5.74) is -0.0455. The molecule has 2 atom stereocenters. The molecule has 1 aromatic rings. The van der Waals surface area contributed by atoms with Gasteiger partial charge in [0.15, 0.2) is 11.9 Å². The van der Waals surface area contributed by atoms with Crippen LogP contribution in [0.15, 0.2) is 18.2 Å². The molecule has 0 aliphatic rings. The van der Waals surface area contributed by atoms with Crippen molar-refractivity contribution in [3.05, 3.63) is 29.3 Å². The molecule has 0 amide bonds. The SMILES string of the molecule is CC(Br)C(=O)c1cc(O)ccc1C(O)C(=O)O. The van der Waals surface area contributed by atoms with Crippen molar-refractivity contribution in [3.63, 3.8) is 0 Å². The van der Waals surface area contributed by atoms with Crippen LogP contribution in [0.2, 0.25) is 0 Å². The van der Waals surface area contributed by atoms with E-state index < -0.39 is 22.7 Å². The summed E-state index contributed by atoms with van der Waals surface area (Å²) < 4.78 is 0. The fraction of sp³-hybridized carbons (Fsp3) is 0.273. The maximum absolute atomic E-state index is 11.8. The number of hydrogen-bond acceptors (Lipinski definition) is 4. The highest BCUT2D eigenvalue weighted by Crippen LogP contribution is 2.25. The molecule has 17 heavy (non-hydrogen) atoms. The number of alkyl halides is 1. The van der Waals surface area contributed by atoms with E-state index in [-0.39, 0.29) is 16.9 Å². The van der Waals surface area contributed by atoms with Gasteiger partial charge in [0.05, 0.1) is 4.83 Å². The number of Topliss-reactive ketones (excluding diaryl/α,β-unsaturated/α-hetero) is 1. The van der Waals surface area contributed by atoms with Gasteiger partial charge in [0, 0.05) is 11.1 Å². The molecular formula is C11H11BrO5. The van der Waals surface area contributed by atoms with E-state index in [4.69, 9.17) is 5.11 Å². The van der Waals surface area contributed by atoms with Crippen molar-refractivity contribution in [2.75, 3.05) is 0 Å². The molecule has 0 aromatic heterocycles. The Morgan fingerprint density at radius 3 is 2.41 bits per heavy atom. The Kier molecular flexibility index (Phi) is 4.25. The summed E-state index contributed by atoms with van der Waals surface area (Å²) in [5.74, 6) is -2.02. The van der Waals surface area contributed by atoms with Gasteiger partial charge in [-0.3, -0.25) is 4.79 Å². The van der Waals surface area contributed by atoms with Crippen LogP contribution in [0.5, 0.6) is 5.75 Å². The number of benzene rings is 1. The maximum atomic E-state index is 11.8. The third kappa shape index (κ3) is 3.04. The van der Waals surface area contributed by atoms with Crippen LogP contribution in [-0.4, -0.2) is 31.9 Å². The number of aliphatic hydroxyl groups is 1. The van der Waals surface area contributed by atoms with Crippen LogP contribution in [0.25, 0.3) is 0 Å². The van der Waals surface area contributed by atoms with Gasteiger partial charge >= 0.3 is 5.97 Å². The van der Waals surface area contributed by atoms with Crippen molar-refractivity contribution in [1.29, 1.82) is 0 Å². The molecule has 2 unspecified atom stereocenters. The van der Waals surface area contributed by atoms with Crippen molar-refractivity contribution in [1.82, 2.24) is 0 Å².